The standard InChI is InChI=1S/C30H35Cl2N3O4S/c1-4-6-19-33-30(37)22(3)34(20-25-26(31)16-12-17-27(25)32)29(36)21-35(28-18-11-10-13-23(28)5-2)40(38,39)24-14-8-7-9-15-24/h7-18,22H,4-6,19-21H2,1-3H3,(H,33,37)/t22-/m1/s1. The first-order chi connectivity index (χ1) is 19.1. The molecule has 3 aromatic carbocycles. The molecule has 0 radical (unpaired) electrons. The van der Waals surface area contributed by atoms with Gasteiger partial charge in [0.05, 0.1) is 10.6 Å². The van der Waals surface area contributed by atoms with Gasteiger partial charge in [0.1, 0.15) is 12.6 Å². The summed E-state index contributed by atoms with van der Waals surface area (Å²) in [5.74, 6) is -0.920. The third kappa shape index (κ3) is 7.56. The number of carbonyl (C=O) groups excluding carboxylic acids is 2. The summed E-state index contributed by atoms with van der Waals surface area (Å²) >= 11 is 12.9. The highest BCUT2D eigenvalue weighted by atomic mass is 35.5. The number of nitrogens with zero attached hydrogens (tertiary/aromatic N) is 2. The quantitative estimate of drug-likeness (QED) is 0.240. The number of para-hydroxylation sites is 1. The molecule has 2 amide bonds. The number of aryl methyl sites for hydroxylation is 1. The lowest BCUT2D eigenvalue weighted by Crippen LogP contribution is -2.51. The Morgan fingerprint density at radius 1 is 0.900 bits per heavy atom. The maximum absolute atomic E-state index is 14.1. The van der Waals surface area contributed by atoms with E-state index in [1.165, 1.54) is 17.0 Å². The van der Waals surface area contributed by atoms with E-state index in [0.717, 1.165) is 22.7 Å². The number of anilines is 1. The number of halogens is 2. The molecule has 0 bridgehead atoms. The Bertz CT molecular complexity index is 1400. The number of amides is 2. The molecule has 1 atom stereocenters. The summed E-state index contributed by atoms with van der Waals surface area (Å²) in [5, 5.41) is 3.55. The van der Waals surface area contributed by atoms with Gasteiger partial charge in [0.2, 0.25) is 11.8 Å². The molecule has 0 fully saturated rings. The van der Waals surface area contributed by atoms with Crippen molar-refractivity contribution < 1.29 is 18.0 Å². The lowest BCUT2D eigenvalue weighted by Gasteiger charge is -2.33. The van der Waals surface area contributed by atoms with Gasteiger partial charge in [-0.15, -0.1) is 0 Å². The summed E-state index contributed by atoms with van der Waals surface area (Å²) in [6, 6.07) is 19.1. The van der Waals surface area contributed by atoms with Crippen LogP contribution in [-0.4, -0.2) is 44.3 Å². The van der Waals surface area contributed by atoms with Gasteiger partial charge in [-0.25, -0.2) is 8.42 Å². The van der Waals surface area contributed by atoms with Crippen LogP contribution in [0.5, 0.6) is 0 Å². The van der Waals surface area contributed by atoms with Crippen LogP contribution in [0.3, 0.4) is 0 Å². The Kier molecular flexibility index (Phi) is 11.4. The van der Waals surface area contributed by atoms with E-state index in [1.54, 1.807) is 55.5 Å². The van der Waals surface area contributed by atoms with Crippen molar-refractivity contribution in [3.8, 4) is 0 Å². The van der Waals surface area contributed by atoms with E-state index in [-0.39, 0.29) is 17.3 Å². The van der Waals surface area contributed by atoms with Crippen LogP contribution in [-0.2, 0) is 32.6 Å². The van der Waals surface area contributed by atoms with Crippen LogP contribution in [0.15, 0.2) is 77.7 Å². The monoisotopic (exact) mass is 603 g/mol. The molecular weight excluding hydrogens is 569 g/mol. The molecule has 0 heterocycles. The highest BCUT2D eigenvalue weighted by molar-refractivity contribution is 7.92. The molecule has 0 saturated carbocycles. The first-order valence-electron chi connectivity index (χ1n) is 13.3. The number of nitrogens with one attached hydrogen (secondary N) is 1. The van der Waals surface area contributed by atoms with Crippen LogP contribution in [0.4, 0.5) is 5.69 Å². The molecular formula is C30H35Cl2N3O4S. The minimum Gasteiger partial charge on any atom is -0.354 e. The van der Waals surface area contributed by atoms with Gasteiger partial charge < -0.3 is 10.2 Å². The number of hydrogen-bond acceptors (Lipinski definition) is 4. The fraction of sp³-hybridized carbons (Fsp3) is 0.333. The summed E-state index contributed by atoms with van der Waals surface area (Å²) in [4.78, 5) is 28.5. The molecule has 0 aliphatic rings. The summed E-state index contributed by atoms with van der Waals surface area (Å²) in [5.41, 5.74) is 1.64. The second-order valence-electron chi connectivity index (χ2n) is 9.35. The Balaban J connectivity index is 2.06. The van der Waals surface area contributed by atoms with E-state index in [9.17, 15) is 18.0 Å². The van der Waals surface area contributed by atoms with E-state index >= 15 is 0 Å². The van der Waals surface area contributed by atoms with Crippen LogP contribution >= 0.6 is 23.2 Å². The molecule has 0 unspecified atom stereocenters. The van der Waals surface area contributed by atoms with Crippen molar-refractivity contribution >= 4 is 50.7 Å². The van der Waals surface area contributed by atoms with Gasteiger partial charge in [-0.1, -0.05) is 85.9 Å². The van der Waals surface area contributed by atoms with Crippen molar-refractivity contribution in [1.29, 1.82) is 0 Å². The fourth-order valence-electron chi connectivity index (χ4n) is 4.26. The SMILES string of the molecule is CCCCNC(=O)[C@@H](C)N(Cc1c(Cl)cccc1Cl)C(=O)CN(c1ccccc1CC)S(=O)(=O)c1ccccc1. The van der Waals surface area contributed by atoms with E-state index < -0.39 is 28.5 Å². The maximum Gasteiger partial charge on any atom is 0.264 e. The highest BCUT2D eigenvalue weighted by Crippen LogP contribution is 2.30. The Morgan fingerprint density at radius 3 is 2.15 bits per heavy atom. The van der Waals surface area contributed by atoms with Gasteiger partial charge in [-0.05, 0) is 55.7 Å². The molecule has 214 valence electrons. The van der Waals surface area contributed by atoms with Crippen molar-refractivity contribution in [3.63, 3.8) is 0 Å². The molecule has 7 nitrogen and oxygen atoms in total. The topological polar surface area (TPSA) is 86.8 Å². The highest BCUT2D eigenvalue weighted by Gasteiger charge is 2.33. The van der Waals surface area contributed by atoms with E-state index in [4.69, 9.17) is 23.2 Å². The molecule has 1 N–H and O–H groups in total. The average molecular weight is 605 g/mol. The van der Waals surface area contributed by atoms with Gasteiger partial charge in [-0.3, -0.25) is 13.9 Å². The van der Waals surface area contributed by atoms with Gasteiger partial charge in [-0.2, -0.15) is 0 Å². The molecule has 0 aliphatic heterocycles. The van der Waals surface area contributed by atoms with Gasteiger partial charge in [0.25, 0.3) is 10.0 Å². The van der Waals surface area contributed by atoms with Crippen molar-refractivity contribution in [1.82, 2.24) is 10.2 Å². The largest absolute Gasteiger partial charge is 0.354 e. The van der Waals surface area contributed by atoms with Gasteiger partial charge >= 0.3 is 0 Å². The summed E-state index contributed by atoms with van der Waals surface area (Å²) in [7, 11) is -4.13. The lowest BCUT2D eigenvalue weighted by molar-refractivity contribution is -0.139. The zero-order valence-electron chi connectivity index (χ0n) is 22.9. The van der Waals surface area contributed by atoms with Crippen molar-refractivity contribution in [2.24, 2.45) is 0 Å². The summed E-state index contributed by atoms with van der Waals surface area (Å²) in [6.07, 6.45) is 2.25. The molecule has 0 aliphatic carbocycles. The number of benzene rings is 3. The molecule has 10 heteroatoms. The summed E-state index contributed by atoms with van der Waals surface area (Å²) in [6.45, 7) is 5.41. The second-order valence-corrected chi connectivity index (χ2v) is 12.0. The zero-order valence-corrected chi connectivity index (χ0v) is 25.3. The van der Waals surface area contributed by atoms with Crippen molar-refractivity contribution in [2.45, 2.75) is 57.5 Å². The number of sulfonamides is 1. The van der Waals surface area contributed by atoms with E-state index in [1.807, 2.05) is 26.0 Å². The molecule has 0 spiro atoms. The Morgan fingerprint density at radius 2 is 1.52 bits per heavy atom. The number of rotatable bonds is 13. The van der Waals surface area contributed by atoms with Crippen LogP contribution in [0.1, 0.15) is 44.7 Å². The number of carbonyl (C=O) groups is 2. The third-order valence-corrected chi connectivity index (χ3v) is 9.12. The Labute approximate surface area is 247 Å². The molecule has 3 aromatic rings. The smallest absolute Gasteiger partial charge is 0.264 e. The first-order valence-corrected chi connectivity index (χ1v) is 15.5. The first kappa shape index (κ1) is 31.5. The third-order valence-electron chi connectivity index (χ3n) is 6.64. The number of hydrogen-bond donors (Lipinski definition) is 1. The molecule has 40 heavy (non-hydrogen) atoms. The maximum atomic E-state index is 14.1. The zero-order chi connectivity index (χ0) is 29.3. The molecule has 0 saturated heterocycles. The predicted octanol–water partition coefficient (Wildman–Crippen LogP) is 6.08. The Hall–Kier alpha value is -3.07. The average Bonchev–Trinajstić information content (AvgIpc) is 2.95. The summed E-state index contributed by atoms with van der Waals surface area (Å²) < 4.78 is 29.0. The van der Waals surface area contributed by atoms with Crippen LogP contribution in [0.25, 0.3) is 0 Å². The van der Waals surface area contributed by atoms with E-state index in [2.05, 4.69) is 5.32 Å². The second kappa shape index (κ2) is 14.5. The van der Waals surface area contributed by atoms with Gasteiger partial charge in [0.15, 0.2) is 0 Å². The van der Waals surface area contributed by atoms with E-state index in [0.29, 0.717) is 34.3 Å². The number of unbranched alkanes of at least 4 members (excludes halogenated alkanes) is 1. The van der Waals surface area contributed by atoms with Crippen molar-refractivity contribution in [2.75, 3.05) is 17.4 Å². The minimum absolute atomic E-state index is 0.0553. The predicted molar refractivity (Wildman–Crippen MR) is 161 cm³/mol. The van der Waals surface area contributed by atoms with Crippen LogP contribution in [0, 0.1) is 0 Å². The lowest BCUT2D eigenvalue weighted by atomic mass is 10.1. The van der Waals surface area contributed by atoms with Crippen molar-refractivity contribution in [3.05, 3.63) is 94.0 Å². The molecule has 0 aromatic heterocycles. The van der Waals surface area contributed by atoms with Crippen LogP contribution < -0.4 is 9.62 Å². The molecule has 3 rings (SSSR count). The van der Waals surface area contributed by atoms with Gasteiger partial charge in [0, 0.05) is 28.7 Å². The van der Waals surface area contributed by atoms with Crippen LogP contribution in [0.2, 0.25) is 10.0 Å². The minimum atomic E-state index is -4.13. The normalized spacial score (nSPS) is 12.0. The fourth-order valence-corrected chi connectivity index (χ4v) is 6.25.